The first-order chi connectivity index (χ1) is 7.41. The predicted octanol–water partition coefficient (Wildman–Crippen LogP) is 0.879. The van der Waals surface area contributed by atoms with E-state index in [1.54, 1.807) is 0 Å². The average Bonchev–Trinajstić information content (AvgIpc) is 2.60. The molecule has 0 fully saturated rings. The molecule has 0 saturated carbocycles. The summed E-state index contributed by atoms with van der Waals surface area (Å²) in [4.78, 5) is 0. The van der Waals surface area contributed by atoms with Gasteiger partial charge in [0.15, 0.2) is 0 Å². The number of nitrogens with two attached hydrogens (primary N) is 1. The Morgan fingerprint density at radius 1 is 1.44 bits per heavy atom. The fourth-order valence-electron chi connectivity index (χ4n) is 1.71. The van der Waals surface area contributed by atoms with Crippen LogP contribution in [0, 0.1) is 5.41 Å². The Morgan fingerprint density at radius 2 is 2.06 bits per heavy atom. The van der Waals surface area contributed by atoms with E-state index < -0.39 is 0 Å². The molecule has 0 bridgehead atoms. The summed E-state index contributed by atoms with van der Waals surface area (Å²) in [6, 6.07) is 0. The number of rotatable bonds is 5. The van der Waals surface area contributed by atoms with Crippen molar-refractivity contribution in [1.82, 2.24) is 15.0 Å². The van der Waals surface area contributed by atoms with Crippen molar-refractivity contribution in [2.75, 3.05) is 6.61 Å². The number of hydrogen-bond acceptors (Lipinski definition) is 4. The van der Waals surface area contributed by atoms with Gasteiger partial charge < -0.3 is 10.8 Å². The first-order valence-electron chi connectivity index (χ1n) is 5.64. The predicted molar refractivity (Wildman–Crippen MR) is 62.9 cm³/mol. The van der Waals surface area contributed by atoms with E-state index in [1.807, 2.05) is 18.5 Å². The molecule has 5 nitrogen and oxygen atoms in total. The second kappa shape index (κ2) is 4.93. The van der Waals surface area contributed by atoms with Crippen LogP contribution in [0.5, 0.6) is 0 Å². The summed E-state index contributed by atoms with van der Waals surface area (Å²) in [5.74, 6) is 0.336. The van der Waals surface area contributed by atoms with Gasteiger partial charge in [-0.2, -0.15) is 0 Å². The fraction of sp³-hybridized carbons (Fsp3) is 0.818. The molecule has 3 N–H and O–H groups in total. The van der Waals surface area contributed by atoms with Crippen molar-refractivity contribution in [1.29, 1.82) is 0 Å². The molecule has 92 valence electrons. The van der Waals surface area contributed by atoms with Crippen molar-refractivity contribution in [3.63, 3.8) is 0 Å². The van der Waals surface area contributed by atoms with E-state index in [1.165, 1.54) is 0 Å². The van der Waals surface area contributed by atoms with E-state index in [4.69, 9.17) is 5.73 Å². The molecule has 0 aliphatic rings. The van der Waals surface area contributed by atoms with Gasteiger partial charge in [-0.25, -0.2) is 4.68 Å². The molecule has 0 atom stereocenters. The molecule has 1 aromatic heterocycles. The molecular weight excluding hydrogens is 204 g/mol. The first-order valence-corrected chi connectivity index (χ1v) is 5.64. The Kier molecular flexibility index (Phi) is 4.04. The third-order valence-electron chi connectivity index (χ3n) is 2.59. The maximum absolute atomic E-state index is 9.26. The molecule has 0 aliphatic carbocycles. The Hall–Kier alpha value is -0.940. The van der Waals surface area contributed by atoms with E-state index >= 15 is 0 Å². The molecule has 1 rings (SSSR count). The molecule has 0 aromatic carbocycles. The standard InChI is InChI=1S/C11H22N4O/c1-8(2)10-9(5-12)13-14-15(10)6-11(3,4)7-16/h8,16H,5-7,12H2,1-4H3. The molecule has 16 heavy (non-hydrogen) atoms. The Morgan fingerprint density at radius 3 is 2.50 bits per heavy atom. The van der Waals surface area contributed by atoms with Crippen LogP contribution in [0.3, 0.4) is 0 Å². The van der Waals surface area contributed by atoms with Gasteiger partial charge in [0.2, 0.25) is 0 Å². The second-order valence-corrected chi connectivity index (χ2v) is 5.26. The van der Waals surface area contributed by atoms with E-state index in [0.717, 1.165) is 11.4 Å². The van der Waals surface area contributed by atoms with Gasteiger partial charge in [-0.05, 0) is 5.92 Å². The average molecular weight is 226 g/mol. The van der Waals surface area contributed by atoms with Gasteiger partial charge in [-0.15, -0.1) is 5.10 Å². The fourth-order valence-corrected chi connectivity index (χ4v) is 1.71. The minimum absolute atomic E-state index is 0.127. The summed E-state index contributed by atoms with van der Waals surface area (Å²) in [6.07, 6.45) is 0. The van der Waals surface area contributed by atoms with Crippen LogP contribution in [0.15, 0.2) is 0 Å². The van der Waals surface area contributed by atoms with E-state index in [9.17, 15) is 5.11 Å². The minimum atomic E-state index is -0.191. The highest BCUT2D eigenvalue weighted by molar-refractivity contribution is 5.14. The lowest BCUT2D eigenvalue weighted by Crippen LogP contribution is -2.26. The van der Waals surface area contributed by atoms with Crippen LogP contribution in [0.25, 0.3) is 0 Å². The smallest absolute Gasteiger partial charge is 0.0997 e. The zero-order valence-electron chi connectivity index (χ0n) is 10.6. The number of aliphatic hydroxyl groups excluding tert-OH is 1. The minimum Gasteiger partial charge on any atom is -0.396 e. The summed E-state index contributed by atoms with van der Waals surface area (Å²) in [5.41, 5.74) is 7.37. The van der Waals surface area contributed by atoms with E-state index in [-0.39, 0.29) is 12.0 Å². The largest absolute Gasteiger partial charge is 0.396 e. The van der Waals surface area contributed by atoms with Crippen molar-refractivity contribution >= 4 is 0 Å². The number of aliphatic hydroxyl groups is 1. The van der Waals surface area contributed by atoms with Gasteiger partial charge in [-0.1, -0.05) is 32.9 Å². The number of aromatic nitrogens is 3. The number of hydrogen-bond donors (Lipinski definition) is 2. The topological polar surface area (TPSA) is 77.0 Å². The molecule has 0 saturated heterocycles. The van der Waals surface area contributed by atoms with E-state index in [0.29, 0.717) is 19.0 Å². The molecule has 0 unspecified atom stereocenters. The molecule has 0 amide bonds. The van der Waals surface area contributed by atoms with Crippen LogP contribution < -0.4 is 5.73 Å². The van der Waals surface area contributed by atoms with Gasteiger partial charge >= 0.3 is 0 Å². The summed E-state index contributed by atoms with van der Waals surface area (Å²) in [7, 11) is 0. The number of nitrogens with zero attached hydrogens (tertiary/aromatic N) is 3. The molecule has 1 aromatic rings. The zero-order valence-corrected chi connectivity index (χ0v) is 10.6. The van der Waals surface area contributed by atoms with Crippen LogP contribution in [0.4, 0.5) is 0 Å². The Bertz CT molecular complexity index is 344. The molecule has 0 spiro atoms. The van der Waals surface area contributed by atoms with Crippen LogP contribution in [0.2, 0.25) is 0 Å². The van der Waals surface area contributed by atoms with Gasteiger partial charge in [0.05, 0.1) is 17.9 Å². The zero-order chi connectivity index (χ0) is 12.3. The van der Waals surface area contributed by atoms with Crippen LogP contribution >= 0.6 is 0 Å². The van der Waals surface area contributed by atoms with Gasteiger partial charge in [0, 0.05) is 18.6 Å². The van der Waals surface area contributed by atoms with Crippen molar-refractivity contribution in [2.24, 2.45) is 11.1 Å². The SMILES string of the molecule is CC(C)c1c(CN)nnn1CC(C)(C)CO. The monoisotopic (exact) mass is 226 g/mol. The lowest BCUT2D eigenvalue weighted by molar-refractivity contribution is 0.134. The summed E-state index contributed by atoms with van der Waals surface area (Å²) in [6.45, 7) is 9.39. The lowest BCUT2D eigenvalue weighted by Gasteiger charge is -2.23. The normalized spacial score (nSPS) is 12.4. The summed E-state index contributed by atoms with van der Waals surface area (Å²) < 4.78 is 1.86. The molecule has 0 aliphatic heterocycles. The Balaban J connectivity index is 3.01. The molecule has 1 heterocycles. The highest BCUT2D eigenvalue weighted by Gasteiger charge is 2.22. The van der Waals surface area contributed by atoms with Crippen LogP contribution in [-0.4, -0.2) is 26.7 Å². The van der Waals surface area contributed by atoms with Gasteiger partial charge in [0.1, 0.15) is 0 Å². The lowest BCUT2D eigenvalue weighted by atomic mass is 9.94. The molecule has 0 radical (unpaired) electrons. The van der Waals surface area contributed by atoms with Crippen molar-refractivity contribution in [3.05, 3.63) is 11.4 Å². The first kappa shape index (κ1) is 13.1. The summed E-state index contributed by atoms with van der Waals surface area (Å²) in [5, 5.41) is 17.5. The van der Waals surface area contributed by atoms with E-state index in [2.05, 4.69) is 24.2 Å². The maximum Gasteiger partial charge on any atom is 0.0997 e. The third-order valence-corrected chi connectivity index (χ3v) is 2.59. The maximum atomic E-state index is 9.26. The van der Waals surface area contributed by atoms with Gasteiger partial charge in [-0.3, -0.25) is 0 Å². The quantitative estimate of drug-likeness (QED) is 0.781. The summed E-state index contributed by atoms with van der Waals surface area (Å²) >= 11 is 0. The molecule has 5 heteroatoms. The highest BCUT2D eigenvalue weighted by Crippen LogP contribution is 2.22. The van der Waals surface area contributed by atoms with Crippen LogP contribution in [-0.2, 0) is 13.1 Å². The van der Waals surface area contributed by atoms with Crippen molar-refractivity contribution in [3.8, 4) is 0 Å². The third kappa shape index (κ3) is 2.80. The Labute approximate surface area is 96.6 Å². The highest BCUT2D eigenvalue weighted by atomic mass is 16.3. The van der Waals surface area contributed by atoms with Crippen molar-refractivity contribution < 1.29 is 5.11 Å². The van der Waals surface area contributed by atoms with Crippen LogP contribution in [0.1, 0.15) is 45.0 Å². The van der Waals surface area contributed by atoms with Crippen molar-refractivity contribution in [2.45, 2.75) is 46.7 Å². The second-order valence-electron chi connectivity index (χ2n) is 5.26. The molecular formula is C11H22N4O. The van der Waals surface area contributed by atoms with Gasteiger partial charge in [0.25, 0.3) is 0 Å².